The van der Waals surface area contributed by atoms with Crippen LogP contribution >= 0.6 is 31.9 Å². The molecule has 0 saturated heterocycles. The predicted molar refractivity (Wildman–Crippen MR) is 107 cm³/mol. The maximum Gasteiger partial charge on any atom is 0.501 e. The molecule has 3 nitrogen and oxygen atoms in total. The lowest BCUT2D eigenvalue weighted by Gasteiger charge is -2.36. The fourth-order valence-electron chi connectivity index (χ4n) is 4.33. The molecule has 24 heavy (non-hydrogen) atoms. The molecule has 3 saturated carbocycles. The van der Waals surface area contributed by atoms with Crippen LogP contribution in [0.4, 0.5) is 0 Å². The summed E-state index contributed by atoms with van der Waals surface area (Å²) in [6.45, 7) is 0. The fraction of sp³-hybridized carbons (Fsp3) is 1.00. The Morgan fingerprint density at radius 3 is 1.29 bits per heavy atom. The minimum atomic E-state index is -2.61. The summed E-state index contributed by atoms with van der Waals surface area (Å²) in [4.78, 5) is 0. The molecule has 0 aromatic rings. The Bertz CT molecular complexity index is 320. The van der Waals surface area contributed by atoms with Gasteiger partial charge in [-0.25, -0.2) is 0 Å². The van der Waals surface area contributed by atoms with Crippen LogP contribution in [-0.2, 0) is 13.3 Å². The van der Waals surface area contributed by atoms with Gasteiger partial charge in [0.2, 0.25) is 0 Å². The van der Waals surface area contributed by atoms with Crippen LogP contribution in [0, 0.1) is 0 Å². The molecule has 3 rings (SSSR count). The highest BCUT2D eigenvalue weighted by molar-refractivity contribution is 9.24. The average Bonchev–Trinajstić information content (AvgIpc) is 3.28. The summed E-state index contributed by atoms with van der Waals surface area (Å²) in [5.74, 6) is 0. The Balaban J connectivity index is 1.71. The van der Waals surface area contributed by atoms with Gasteiger partial charge in [-0.1, -0.05) is 70.4 Å². The summed E-state index contributed by atoms with van der Waals surface area (Å²) in [7, 11) is -2.61. The highest BCUT2D eigenvalue weighted by Crippen LogP contribution is 2.36. The molecule has 0 heterocycles. The normalized spacial score (nSPS) is 24.6. The lowest BCUT2D eigenvalue weighted by Crippen LogP contribution is -2.52. The Morgan fingerprint density at radius 1 is 0.667 bits per heavy atom. The minimum Gasteiger partial charge on any atom is -0.370 e. The van der Waals surface area contributed by atoms with E-state index in [0.717, 1.165) is 12.5 Å². The molecule has 140 valence electrons. The molecule has 0 bridgehead atoms. The molecule has 0 N–H and O–H groups in total. The second-order valence-electron chi connectivity index (χ2n) is 7.69. The largest absolute Gasteiger partial charge is 0.501 e. The Hall–Kier alpha value is 1.06. The maximum atomic E-state index is 6.73. The van der Waals surface area contributed by atoms with Crippen LogP contribution < -0.4 is 0 Å². The summed E-state index contributed by atoms with van der Waals surface area (Å²) in [5, 5.41) is 0. The van der Waals surface area contributed by atoms with Crippen LogP contribution in [0.2, 0.25) is 6.04 Å². The van der Waals surface area contributed by atoms with E-state index in [2.05, 4.69) is 31.9 Å². The highest BCUT2D eigenvalue weighted by atomic mass is 79.9. The number of rotatable bonds is 9. The van der Waals surface area contributed by atoms with Crippen LogP contribution in [0.3, 0.4) is 0 Å². The zero-order chi connectivity index (χ0) is 16.8. The first-order valence-corrected chi connectivity index (χ1v) is 13.7. The summed E-state index contributed by atoms with van der Waals surface area (Å²) in [6.07, 6.45) is 17.0. The third-order valence-corrected chi connectivity index (χ3v) is 9.51. The Kier molecular flexibility index (Phi) is 8.12. The molecule has 0 aliphatic heterocycles. The Morgan fingerprint density at radius 2 is 1.00 bits per heavy atom. The van der Waals surface area contributed by atoms with Gasteiger partial charge in [0.15, 0.2) is 0 Å². The van der Waals surface area contributed by atoms with Gasteiger partial charge in [0, 0.05) is 24.4 Å². The first-order valence-electron chi connectivity index (χ1n) is 9.97. The molecule has 0 aromatic heterocycles. The van der Waals surface area contributed by atoms with Gasteiger partial charge in [0.05, 0.1) is 3.74 Å². The molecule has 6 heteroatoms. The van der Waals surface area contributed by atoms with Crippen LogP contribution in [0.5, 0.6) is 0 Å². The average molecular weight is 484 g/mol. The molecule has 0 amide bonds. The molecule has 0 radical (unpaired) electrons. The van der Waals surface area contributed by atoms with Crippen LogP contribution in [0.15, 0.2) is 0 Å². The smallest absolute Gasteiger partial charge is 0.370 e. The predicted octanol–water partition coefficient (Wildman–Crippen LogP) is 6.31. The molecular weight excluding hydrogens is 452 g/mol. The van der Waals surface area contributed by atoms with Gasteiger partial charge in [-0.2, -0.15) is 0 Å². The first-order chi connectivity index (χ1) is 11.7. The van der Waals surface area contributed by atoms with E-state index >= 15 is 0 Å². The molecule has 3 aliphatic carbocycles. The van der Waals surface area contributed by atoms with Crippen molar-refractivity contribution in [1.29, 1.82) is 0 Å². The number of hydrogen-bond acceptors (Lipinski definition) is 3. The van der Waals surface area contributed by atoms with Crippen LogP contribution in [0.1, 0.15) is 83.5 Å². The molecule has 0 atom stereocenters. The molecule has 0 spiro atoms. The molecule has 0 aromatic carbocycles. The highest BCUT2D eigenvalue weighted by Gasteiger charge is 2.48. The van der Waals surface area contributed by atoms with E-state index < -0.39 is 8.80 Å². The minimum absolute atomic E-state index is 0.309. The van der Waals surface area contributed by atoms with Crippen molar-refractivity contribution < 1.29 is 13.3 Å². The van der Waals surface area contributed by atoms with E-state index in [0.29, 0.717) is 22.0 Å². The Labute approximate surface area is 165 Å². The van der Waals surface area contributed by atoms with E-state index in [9.17, 15) is 0 Å². The third-order valence-electron chi connectivity index (χ3n) is 5.61. The van der Waals surface area contributed by atoms with Gasteiger partial charge in [-0.3, -0.25) is 0 Å². The van der Waals surface area contributed by atoms with Crippen LogP contribution in [-0.4, -0.2) is 30.9 Å². The first kappa shape index (κ1) is 19.8. The van der Waals surface area contributed by atoms with Gasteiger partial charge >= 0.3 is 8.80 Å². The van der Waals surface area contributed by atoms with Gasteiger partial charge in [-0.15, -0.1) is 0 Å². The van der Waals surface area contributed by atoms with Crippen molar-refractivity contribution in [2.75, 3.05) is 0 Å². The van der Waals surface area contributed by atoms with Crippen molar-refractivity contribution in [1.82, 2.24) is 0 Å². The third kappa shape index (κ3) is 6.05. The van der Waals surface area contributed by atoms with E-state index in [1.54, 1.807) is 0 Å². The number of alkyl halides is 2. The van der Waals surface area contributed by atoms with Crippen molar-refractivity contribution in [2.24, 2.45) is 0 Å². The lowest BCUT2D eigenvalue weighted by molar-refractivity contribution is -0.0159. The number of halogens is 2. The van der Waals surface area contributed by atoms with Crippen LogP contribution in [0.25, 0.3) is 0 Å². The van der Waals surface area contributed by atoms with Crippen molar-refractivity contribution in [3.05, 3.63) is 0 Å². The van der Waals surface area contributed by atoms with E-state index in [1.165, 1.54) is 77.0 Å². The van der Waals surface area contributed by atoms with E-state index in [1.807, 2.05) is 0 Å². The van der Waals surface area contributed by atoms with Gasteiger partial charge in [0.1, 0.15) is 0 Å². The van der Waals surface area contributed by atoms with Crippen molar-refractivity contribution in [2.45, 2.75) is 112 Å². The second kappa shape index (κ2) is 9.84. The summed E-state index contributed by atoms with van der Waals surface area (Å²) < 4.78 is 20.5. The van der Waals surface area contributed by atoms with E-state index in [-0.39, 0.29) is 0 Å². The standard InChI is InChI=1S/C18H32Br2O3Si/c19-18(20)13-14-24(21-15-7-1-2-8-15,22-16-9-3-4-10-16)23-17-11-5-6-12-17/h15-18H,1-14H2. The SMILES string of the molecule is BrC(Br)CC[Si](OC1CCCC1)(OC1CCCC1)OC1CCCC1. The summed E-state index contributed by atoms with van der Waals surface area (Å²) in [6, 6.07) is 0.928. The zero-order valence-electron chi connectivity index (χ0n) is 14.7. The van der Waals surface area contributed by atoms with Crippen molar-refractivity contribution in [3.8, 4) is 0 Å². The second-order valence-corrected chi connectivity index (χ2v) is 13.7. The maximum absolute atomic E-state index is 6.73. The van der Waals surface area contributed by atoms with Gasteiger partial charge in [0.25, 0.3) is 0 Å². The van der Waals surface area contributed by atoms with Gasteiger partial charge < -0.3 is 13.3 Å². The monoisotopic (exact) mass is 482 g/mol. The summed E-state index contributed by atoms with van der Waals surface area (Å²) in [5.41, 5.74) is 0. The molecular formula is C18H32Br2O3Si. The van der Waals surface area contributed by atoms with E-state index in [4.69, 9.17) is 13.3 Å². The molecule has 3 aliphatic rings. The van der Waals surface area contributed by atoms with Crippen molar-refractivity contribution >= 4 is 40.7 Å². The topological polar surface area (TPSA) is 27.7 Å². The fourth-order valence-corrected chi connectivity index (χ4v) is 9.02. The van der Waals surface area contributed by atoms with Gasteiger partial charge in [-0.05, 0) is 44.9 Å². The van der Waals surface area contributed by atoms with Crippen molar-refractivity contribution in [3.63, 3.8) is 0 Å². The zero-order valence-corrected chi connectivity index (χ0v) is 18.9. The molecule has 3 fully saturated rings. The quantitative estimate of drug-likeness (QED) is 0.284. The molecule has 0 unspecified atom stereocenters. The summed E-state index contributed by atoms with van der Waals surface area (Å²) >= 11 is 7.27. The lowest BCUT2D eigenvalue weighted by atomic mass is 10.3. The number of hydrogen-bond donors (Lipinski definition) is 0.